The Bertz CT molecular complexity index is 402. The van der Waals surface area contributed by atoms with E-state index >= 15 is 0 Å². The van der Waals surface area contributed by atoms with E-state index in [0.29, 0.717) is 0 Å². The molecule has 0 heterocycles. The lowest BCUT2D eigenvalue weighted by Gasteiger charge is -2.28. The first kappa shape index (κ1) is 16.2. The predicted molar refractivity (Wildman–Crippen MR) is 75.7 cm³/mol. The highest BCUT2D eigenvalue weighted by Gasteiger charge is 2.29. The van der Waals surface area contributed by atoms with Crippen LogP contribution in [0.2, 0.25) is 0 Å². The van der Waals surface area contributed by atoms with Crippen LogP contribution in [0.3, 0.4) is 0 Å². The van der Waals surface area contributed by atoms with E-state index in [4.69, 9.17) is 0 Å². The van der Waals surface area contributed by atoms with Crippen molar-refractivity contribution in [2.24, 2.45) is 5.92 Å². The third-order valence-corrected chi connectivity index (χ3v) is 4.40. The van der Waals surface area contributed by atoms with Crippen molar-refractivity contribution >= 4 is 11.0 Å². The standard InChI is InChI=1S/C14H21F2NOS/c1-14(2,3)19(18)17-13(12(9-15)10-16)11-7-5-4-6-8-11/h4-8,12-13,17H,9-10H2,1-3H3/t13-,19+/m1/s1. The van der Waals surface area contributed by atoms with Crippen molar-refractivity contribution in [3.8, 4) is 0 Å². The fourth-order valence-corrected chi connectivity index (χ4v) is 2.52. The molecule has 1 aromatic carbocycles. The van der Waals surface area contributed by atoms with Gasteiger partial charge in [0.15, 0.2) is 0 Å². The van der Waals surface area contributed by atoms with Crippen LogP contribution in [0.1, 0.15) is 32.4 Å². The van der Waals surface area contributed by atoms with Gasteiger partial charge in [-0.3, -0.25) is 8.78 Å². The Kier molecular flexibility index (Phi) is 6.07. The molecule has 0 saturated heterocycles. The van der Waals surface area contributed by atoms with Crippen molar-refractivity contribution in [3.05, 3.63) is 35.9 Å². The second kappa shape index (κ2) is 7.10. The first-order valence-electron chi connectivity index (χ1n) is 6.25. The van der Waals surface area contributed by atoms with Gasteiger partial charge in [0.25, 0.3) is 0 Å². The molecule has 0 aromatic heterocycles. The van der Waals surface area contributed by atoms with Gasteiger partial charge in [-0.25, -0.2) is 8.93 Å². The Balaban J connectivity index is 2.97. The third-order valence-electron chi connectivity index (χ3n) is 2.82. The van der Waals surface area contributed by atoms with Crippen LogP contribution in [0, 0.1) is 5.92 Å². The lowest BCUT2D eigenvalue weighted by Crippen LogP contribution is -2.39. The molecule has 5 heteroatoms. The van der Waals surface area contributed by atoms with Crippen LogP contribution in [0.5, 0.6) is 0 Å². The fourth-order valence-electron chi connectivity index (χ4n) is 1.61. The average molecular weight is 289 g/mol. The number of hydrogen-bond donors (Lipinski definition) is 1. The summed E-state index contributed by atoms with van der Waals surface area (Å²) in [6, 6.07) is 8.43. The Labute approximate surface area is 116 Å². The maximum atomic E-state index is 13.0. The Morgan fingerprint density at radius 1 is 1.16 bits per heavy atom. The predicted octanol–water partition coefficient (Wildman–Crippen LogP) is 3.33. The molecular formula is C14H21F2NOS. The zero-order chi connectivity index (χ0) is 14.5. The Morgan fingerprint density at radius 2 is 1.68 bits per heavy atom. The normalized spacial score (nSPS) is 15.5. The molecule has 0 aliphatic carbocycles. The number of benzene rings is 1. The fraction of sp³-hybridized carbons (Fsp3) is 0.571. The largest absolute Gasteiger partial charge is 0.251 e. The van der Waals surface area contributed by atoms with Crippen LogP contribution in [-0.4, -0.2) is 22.3 Å². The van der Waals surface area contributed by atoms with Crippen LogP contribution in [-0.2, 0) is 11.0 Å². The molecule has 108 valence electrons. The summed E-state index contributed by atoms with van der Waals surface area (Å²) >= 11 is 0. The van der Waals surface area contributed by atoms with Gasteiger partial charge >= 0.3 is 0 Å². The molecule has 0 fully saturated rings. The average Bonchev–Trinajstić information content (AvgIpc) is 2.38. The van der Waals surface area contributed by atoms with Gasteiger partial charge in [0.2, 0.25) is 0 Å². The van der Waals surface area contributed by atoms with E-state index < -0.39 is 41.0 Å². The van der Waals surface area contributed by atoms with Gasteiger partial charge < -0.3 is 0 Å². The van der Waals surface area contributed by atoms with Crippen LogP contribution >= 0.6 is 0 Å². The van der Waals surface area contributed by atoms with Gasteiger partial charge in [0.05, 0.1) is 35.1 Å². The molecule has 0 aliphatic heterocycles. The summed E-state index contributed by atoms with van der Waals surface area (Å²) in [6.07, 6.45) is 0. The summed E-state index contributed by atoms with van der Waals surface area (Å²) in [5.74, 6) is -0.825. The molecule has 0 amide bonds. The summed E-state index contributed by atoms with van der Waals surface area (Å²) in [6.45, 7) is 3.88. The highest BCUT2D eigenvalue weighted by molar-refractivity contribution is 7.84. The van der Waals surface area contributed by atoms with Crippen LogP contribution in [0.25, 0.3) is 0 Å². The lowest BCUT2D eigenvalue weighted by atomic mass is 9.96. The molecule has 0 radical (unpaired) electrons. The van der Waals surface area contributed by atoms with E-state index in [1.807, 2.05) is 26.8 Å². The second-order valence-electron chi connectivity index (χ2n) is 5.46. The Hall–Kier alpha value is -0.810. The van der Waals surface area contributed by atoms with E-state index in [2.05, 4.69) is 4.72 Å². The van der Waals surface area contributed by atoms with Crippen molar-refractivity contribution in [2.45, 2.75) is 31.6 Å². The quantitative estimate of drug-likeness (QED) is 0.855. The van der Waals surface area contributed by atoms with E-state index in [9.17, 15) is 13.0 Å². The van der Waals surface area contributed by atoms with Gasteiger partial charge in [0, 0.05) is 5.92 Å². The van der Waals surface area contributed by atoms with E-state index in [-0.39, 0.29) is 0 Å². The van der Waals surface area contributed by atoms with Crippen molar-refractivity contribution < 1.29 is 13.0 Å². The molecule has 0 bridgehead atoms. The summed E-state index contributed by atoms with van der Waals surface area (Å²) in [7, 11) is -1.38. The highest BCUT2D eigenvalue weighted by atomic mass is 32.2. The molecule has 2 atom stereocenters. The van der Waals surface area contributed by atoms with Crippen LogP contribution in [0.15, 0.2) is 30.3 Å². The zero-order valence-electron chi connectivity index (χ0n) is 11.5. The number of halogens is 2. The molecule has 1 aromatic rings. The smallest absolute Gasteiger partial charge is 0.0976 e. The molecule has 0 aliphatic rings. The van der Waals surface area contributed by atoms with Crippen LogP contribution < -0.4 is 4.72 Å². The first-order valence-corrected chi connectivity index (χ1v) is 7.40. The van der Waals surface area contributed by atoms with E-state index in [1.54, 1.807) is 24.3 Å². The van der Waals surface area contributed by atoms with Gasteiger partial charge in [-0.05, 0) is 26.3 Å². The minimum atomic E-state index is -1.38. The Morgan fingerprint density at radius 3 is 2.11 bits per heavy atom. The number of rotatable bonds is 6. The van der Waals surface area contributed by atoms with Crippen molar-refractivity contribution in [1.82, 2.24) is 4.72 Å². The topological polar surface area (TPSA) is 29.1 Å². The molecule has 2 nitrogen and oxygen atoms in total. The minimum Gasteiger partial charge on any atom is -0.251 e. The van der Waals surface area contributed by atoms with Gasteiger partial charge in [0.1, 0.15) is 0 Å². The number of hydrogen-bond acceptors (Lipinski definition) is 1. The van der Waals surface area contributed by atoms with Gasteiger partial charge in [-0.2, -0.15) is 0 Å². The van der Waals surface area contributed by atoms with Gasteiger partial charge in [-0.1, -0.05) is 30.3 Å². The summed E-state index contributed by atoms with van der Waals surface area (Å²) in [4.78, 5) is 0. The number of nitrogens with one attached hydrogen (secondary N) is 1. The van der Waals surface area contributed by atoms with Gasteiger partial charge in [-0.15, -0.1) is 0 Å². The second-order valence-corrected chi connectivity index (χ2v) is 7.45. The van der Waals surface area contributed by atoms with Crippen molar-refractivity contribution in [3.63, 3.8) is 0 Å². The molecule has 1 rings (SSSR count). The molecule has 1 N–H and O–H groups in total. The minimum absolute atomic E-state index is 0.482. The third kappa shape index (κ3) is 4.66. The van der Waals surface area contributed by atoms with E-state index in [0.717, 1.165) is 5.56 Å². The zero-order valence-corrected chi connectivity index (χ0v) is 12.3. The first-order chi connectivity index (χ1) is 8.90. The monoisotopic (exact) mass is 289 g/mol. The van der Waals surface area contributed by atoms with Crippen molar-refractivity contribution in [1.29, 1.82) is 0 Å². The molecule has 19 heavy (non-hydrogen) atoms. The lowest BCUT2D eigenvalue weighted by molar-refractivity contribution is 0.245. The summed E-state index contributed by atoms with van der Waals surface area (Å²) in [5, 5.41) is 0. The maximum absolute atomic E-state index is 13.0. The highest BCUT2D eigenvalue weighted by Crippen LogP contribution is 2.25. The molecule has 0 saturated carbocycles. The summed E-state index contributed by atoms with van der Waals surface area (Å²) in [5.41, 5.74) is 0.750. The maximum Gasteiger partial charge on any atom is 0.0976 e. The molecule has 0 spiro atoms. The molecule has 0 unspecified atom stereocenters. The van der Waals surface area contributed by atoms with Crippen molar-refractivity contribution in [2.75, 3.05) is 13.3 Å². The number of alkyl halides is 2. The molecular weight excluding hydrogens is 268 g/mol. The summed E-state index contributed by atoms with van der Waals surface area (Å²) < 4.78 is 40.4. The van der Waals surface area contributed by atoms with E-state index in [1.165, 1.54) is 0 Å². The van der Waals surface area contributed by atoms with Crippen LogP contribution in [0.4, 0.5) is 8.78 Å². The SMILES string of the molecule is CC(C)(C)[S@](=O)N[C@H](c1ccccc1)C(CF)CF.